The minimum Gasteiger partial charge on any atom is -0.328 e. The maximum absolute atomic E-state index is 13.1. The number of carbonyl (C=O) groups excluding carboxylic acids is 1. The number of halogens is 1. The third-order valence-electron chi connectivity index (χ3n) is 5.55. The summed E-state index contributed by atoms with van der Waals surface area (Å²) in [5, 5.41) is 19.5. The molecule has 162 valence electrons. The Kier molecular flexibility index (Phi) is 5.22. The number of nitro groups is 1. The quantitative estimate of drug-likeness (QED) is 0.342. The van der Waals surface area contributed by atoms with E-state index in [0.29, 0.717) is 28.9 Å². The molecule has 0 amide bonds. The number of hydrogen-bond donors (Lipinski definition) is 1. The molecular weight excluding hydrogens is 433 g/mol. The Bertz CT molecular complexity index is 1240. The Balaban J connectivity index is 1.49. The third kappa shape index (κ3) is 3.77. The number of anilines is 1. The van der Waals surface area contributed by atoms with Gasteiger partial charge in [0.1, 0.15) is 11.9 Å². The van der Waals surface area contributed by atoms with Crippen LogP contribution in [0.15, 0.2) is 65.0 Å². The number of allylic oxidation sites excluding steroid dienone is 2. The van der Waals surface area contributed by atoms with Crippen LogP contribution in [0.5, 0.6) is 0 Å². The van der Waals surface area contributed by atoms with Crippen LogP contribution in [0, 0.1) is 15.9 Å². The summed E-state index contributed by atoms with van der Waals surface area (Å²) >= 11 is 1.41. The van der Waals surface area contributed by atoms with Crippen molar-refractivity contribution in [2.45, 2.75) is 36.2 Å². The van der Waals surface area contributed by atoms with Gasteiger partial charge in [0, 0.05) is 35.6 Å². The highest BCUT2D eigenvalue weighted by atomic mass is 32.2. The predicted molar refractivity (Wildman–Crippen MR) is 117 cm³/mol. The zero-order valence-electron chi connectivity index (χ0n) is 16.8. The summed E-state index contributed by atoms with van der Waals surface area (Å²) in [5.74, 6) is 0.857. The summed E-state index contributed by atoms with van der Waals surface area (Å²) in [5.41, 5.74) is 3.14. The van der Waals surface area contributed by atoms with Crippen molar-refractivity contribution < 1.29 is 14.1 Å². The molecule has 0 spiro atoms. The van der Waals surface area contributed by atoms with Crippen molar-refractivity contribution in [1.82, 2.24) is 14.8 Å². The van der Waals surface area contributed by atoms with E-state index in [2.05, 4.69) is 15.4 Å². The first kappa shape index (κ1) is 20.4. The SMILES string of the molecule is O=C1CCCC2=C1[C@@H](c1ccc([N+](=O)[O-])cc1)n1nc(SCc3ccc(F)cc3)nc1N2. The Morgan fingerprint density at radius 1 is 1.16 bits per heavy atom. The molecule has 32 heavy (non-hydrogen) atoms. The first-order valence-corrected chi connectivity index (χ1v) is 11.1. The second kappa shape index (κ2) is 8.19. The standard InChI is InChI=1S/C22H18FN5O3S/c23-15-8-4-13(5-9-15)12-32-22-25-21-24-17-2-1-3-18(29)19(17)20(27(21)26-22)14-6-10-16(11-7-14)28(30)31/h4-11,20H,1-3,12H2,(H,24,25,26)/t20-/m1/s1. The number of benzene rings is 2. The van der Waals surface area contributed by atoms with Crippen LogP contribution >= 0.6 is 11.8 Å². The van der Waals surface area contributed by atoms with Gasteiger partial charge in [-0.3, -0.25) is 14.9 Å². The fourth-order valence-corrected chi connectivity index (χ4v) is 4.80. The number of nitro benzene ring substituents is 1. The number of nitrogens with zero attached hydrogens (tertiary/aromatic N) is 4. The van der Waals surface area contributed by atoms with Gasteiger partial charge >= 0.3 is 0 Å². The molecule has 0 bridgehead atoms. The van der Waals surface area contributed by atoms with Crippen LogP contribution in [-0.2, 0) is 10.5 Å². The highest BCUT2D eigenvalue weighted by Gasteiger charge is 2.37. The van der Waals surface area contributed by atoms with E-state index in [-0.39, 0.29) is 17.3 Å². The van der Waals surface area contributed by atoms with Crippen molar-refractivity contribution in [3.05, 3.63) is 86.9 Å². The average molecular weight is 451 g/mol. The smallest absolute Gasteiger partial charge is 0.269 e. The normalized spacial score (nSPS) is 17.5. The van der Waals surface area contributed by atoms with E-state index < -0.39 is 11.0 Å². The number of thioether (sulfide) groups is 1. The number of ketones is 1. The van der Waals surface area contributed by atoms with Crippen LogP contribution in [0.25, 0.3) is 0 Å². The van der Waals surface area contributed by atoms with Gasteiger partial charge < -0.3 is 5.32 Å². The van der Waals surface area contributed by atoms with Gasteiger partial charge in [-0.05, 0) is 48.2 Å². The van der Waals surface area contributed by atoms with E-state index in [4.69, 9.17) is 0 Å². The van der Waals surface area contributed by atoms with Gasteiger partial charge in [0.2, 0.25) is 11.1 Å². The van der Waals surface area contributed by atoms with Gasteiger partial charge in [-0.2, -0.15) is 4.98 Å². The van der Waals surface area contributed by atoms with E-state index in [0.717, 1.165) is 29.7 Å². The fourth-order valence-electron chi connectivity index (χ4n) is 4.01. The van der Waals surface area contributed by atoms with Gasteiger partial charge in [0.25, 0.3) is 5.69 Å². The third-order valence-corrected chi connectivity index (χ3v) is 6.46. The lowest BCUT2D eigenvalue weighted by atomic mass is 9.85. The molecule has 2 heterocycles. The first-order valence-electron chi connectivity index (χ1n) is 10.1. The minimum atomic E-state index is -0.498. The van der Waals surface area contributed by atoms with Crippen molar-refractivity contribution in [3.63, 3.8) is 0 Å². The molecule has 0 radical (unpaired) electrons. The monoisotopic (exact) mass is 451 g/mol. The van der Waals surface area contributed by atoms with Crippen LogP contribution in [0.2, 0.25) is 0 Å². The van der Waals surface area contributed by atoms with E-state index >= 15 is 0 Å². The molecule has 0 fully saturated rings. The highest BCUT2D eigenvalue weighted by Crippen LogP contribution is 2.41. The Morgan fingerprint density at radius 3 is 2.62 bits per heavy atom. The number of non-ortho nitro benzene ring substituents is 1. The van der Waals surface area contributed by atoms with Crippen molar-refractivity contribution in [3.8, 4) is 0 Å². The fraction of sp³-hybridized carbons (Fsp3) is 0.227. The van der Waals surface area contributed by atoms with Crippen molar-refractivity contribution in [2.75, 3.05) is 5.32 Å². The molecule has 1 aromatic heterocycles. The van der Waals surface area contributed by atoms with Crippen LogP contribution in [0.4, 0.5) is 16.0 Å². The maximum Gasteiger partial charge on any atom is 0.269 e. The molecule has 3 aromatic rings. The summed E-state index contributed by atoms with van der Waals surface area (Å²) in [4.78, 5) is 28.0. The van der Waals surface area contributed by atoms with E-state index in [1.807, 2.05) is 0 Å². The molecule has 10 heteroatoms. The molecule has 0 unspecified atom stereocenters. The lowest BCUT2D eigenvalue weighted by Crippen LogP contribution is -2.31. The zero-order chi connectivity index (χ0) is 22.2. The summed E-state index contributed by atoms with van der Waals surface area (Å²) < 4.78 is 14.8. The number of carbonyl (C=O) groups is 1. The number of hydrogen-bond acceptors (Lipinski definition) is 7. The lowest BCUT2D eigenvalue weighted by molar-refractivity contribution is -0.384. The van der Waals surface area contributed by atoms with Crippen LogP contribution in [-0.4, -0.2) is 25.5 Å². The number of nitrogens with one attached hydrogen (secondary N) is 1. The van der Waals surface area contributed by atoms with Crippen LogP contribution < -0.4 is 5.32 Å². The maximum atomic E-state index is 13.1. The van der Waals surface area contributed by atoms with E-state index in [1.54, 1.807) is 28.9 Å². The second-order valence-electron chi connectivity index (χ2n) is 7.62. The average Bonchev–Trinajstić information content (AvgIpc) is 3.20. The van der Waals surface area contributed by atoms with E-state index in [9.17, 15) is 19.3 Å². The van der Waals surface area contributed by atoms with Gasteiger partial charge in [-0.25, -0.2) is 9.07 Å². The van der Waals surface area contributed by atoms with Gasteiger partial charge in [0.05, 0.1) is 4.92 Å². The summed E-state index contributed by atoms with van der Waals surface area (Å²) in [6, 6.07) is 12.0. The largest absolute Gasteiger partial charge is 0.328 e. The number of rotatable bonds is 5. The molecule has 5 rings (SSSR count). The number of Topliss-reactive ketones (excluding diaryl/α,β-unsaturated/α-hetero) is 1. The summed E-state index contributed by atoms with van der Waals surface area (Å²) in [6.45, 7) is 0. The minimum absolute atomic E-state index is 0.0128. The van der Waals surface area contributed by atoms with Crippen molar-refractivity contribution in [1.29, 1.82) is 0 Å². The molecule has 2 aliphatic rings. The second-order valence-corrected chi connectivity index (χ2v) is 8.57. The molecule has 1 atom stereocenters. The Hall–Kier alpha value is -3.53. The van der Waals surface area contributed by atoms with E-state index in [1.165, 1.54) is 36.0 Å². The molecule has 1 aliphatic heterocycles. The highest BCUT2D eigenvalue weighted by molar-refractivity contribution is 7.98. The molecule has 8 nitrogen and oxygen atoms in total. The van der Waals surface area contributed by atoms with Gasteiger partial charge in [-0.15, -0.1) is 5.10 Å². The lowest BCUT2D eigenvalue weighted by Gasteiger charge is -2.32. The predicted octanol–water partition coefficient (Wildman–Crippen LogP) is 4.64. The zero-order valence-corrected chi connectivity index (χ0v) is 17.6. The van der Waals surface area contributed by atoms with Gasteiger partial charge in [-0.1, -0.05) is 23.9 Å². The van der Waals surface area contributed by atoms with Crippen molar-refractivity contribution >= 4 is 29.2 Å². The van der Waals surface area contributed by atoms with Crippen LogP contribution in [0.1, 0.15) is 36.4 Å². The molecule has 2 aromatic carbocycles. The summed E-state index contributed by atoms with van der Waals surface area (Å²) in [6.07, 6.45) is 1.95. The van der Waals surface area contributed by atoms with Crippen molar-refractivity contribution in [2.24, 2.45) is 0 Å². The molecule has 0 saturated carbocycles. The Morgan fingerprint density at radius 2 is 1.91 bits per heavy atom. The molecule has 1 aliphatic carbocycles. The topological polar surface area (TPSA) is 103 Å². The Labute approximate surface area is 186 Å². The van der Waals surface area contributed by atoms with Gasteiger partial charge in [0.15, 0.2) is 5.78 Å². The molecule has 0 saturated heterocycles. The number of aromatic nitrogens is 3. The molecular formula is C22H18FN5O3S. The first-order chi connectivity index (χ1) is 15.5. The molecule has 1 N–H and O–H groups in total. The van der Waals surface area contributed by atoms with Crippen LogP contribution in [0.3, 0.4) is 0 Å². The number of fused-ring (bicyclic) bond motifs is 1. The summed E-state index contributed by atoms with van der Waals surface area (Å²) in [7, 11) is 0.